The summed E-state index contributed by atoms with van der Waals surface area (Å²) in [4.78, 5) is 2.59. The van der Waals surface area contributed by atoms with Gasteiger partial charge in [-0.25, -0.2) is 0 Å². The first-order chi connectivity index (χ1) is 8.13. The Morgan fingerprint density at radius 3 is 2.47 bits per heavy atom. The zero-order valence-corrected chi connectivity index (χ0v) is 11.4. The summed E-state index contributed by atoms with van der Waals surface area (Å²) < 4.78 is 0. The van der Waals surface area contributed by atoms with Crippen LogP contribution < -0.4 is 5.32 Å². The fraction of sp³-hybridized carbons (Fsp3) is 1.00. The second kappa shape index (κ2) is 5.68. The topological polar surface area (TPSA) is 35.5 Å². The Morgan fingerprint density at radius 2 is 1.94 bits per heavy atom. The van der Waals surface area contributed by atoms with E-state index in [-0.39, 0.29) is 12.1 Å². The van der Waals surface area contributed by atoms with Gasteiger partial charge in [0.15, 0.2) is 0 Å². The molecule has 3 nitrogen and oxygen atoms in total. The molecule has 0 aromatic carbocycles. The molecule has 2 fully saturated rings. The van der Waals surface area contributed by atoms with Gasteiger partial charge >= 0.3 is 0 Å². The van der Waals surface area contributed by atoms with Gasteiger partial charge in [0.1, 0.15) is 0 Å². The Balaban J connectivity index is 1.82. The molecule has 0 amide bonds. The lowest BCUT2D eigenvalue weighted by Crippen LogP contribution is -2.52. The van der Waals surface area contributed by atoms with E-state index in [1.165, 1.54) is 45.2 Å². The van der Waals surface area contributed by atoms with E-state index in [2.05, 4.69) is 24.1 Å². The van der Waals surface area contributed by atoms with Crippen molar-refractivity contribution >= 4 is 0 Å². The maximum atomic E-state index is 9.63. The maximum Gasteiger partial charge on any atom is 0.0611 e. The Bertz CT molecular complexity index is 236. The van der Waals surface area contributed by atoms with Crippen molar-refractivity contribution in [1.29, 1.82) is 0 Å². The fourth-order valence-corrected chi connectivity index (χ4v) is 3.03. The van der Waals surface area contributed by atoms with E-state index in [0.29, 0.717) is 12.1 Å². The number of piperidine rings is 1. The van der Waals surface area contributed by atoms with Crippen molar-refractivity contribution in [2.45, 2.75) is 70.0 Å². The van der Waals surface area contributed by atoms with Gasteiger partial charge in [0.2, 0.25) is 0 Å². The number of aliphatic hydroxyl groups excluding tert-OH is 1. The van der Waals surface area contributed by atoms with E-state index in [1.54, 1.807) is 0 Å². The molecule has 0 spiro atoms. The molecule has 1 saturated heterocycles. The van der Waals surface area contributed by atoms with Crippen LogP contribution in [0.5, 0.6) is 0 Å². The normalized spacial score (nSPS) is 27.7. The zero-order chi connectivity index (χ0) is 12.3. The van der Waals surface area contributed by atoms with E-state index in [1.807, 2.05) is 0 Å². The molecule has 1 aliphatic carbocycles. The number of hydrogen-bond acceptors (Lipinski definition) is 3. The van der Waals surface area contributed by atoms with Gasteiger partial charge < -0.3 is 15.3 Å². The predicted molar refractivity (Wildman–Crippen MR) is 71.2 cm³/mol. The molecular formula is C14H28N2O. The molecule has 17 heavy (non-hydrogen) atoms. The first-order valence-corrected chi connectivity index (χ1v) is 7.25. The third kappa shape index (κ3) is 3.94. The zero-order valence-electron chi connectivity index (χ0n) is 11.4. The van der Waals surface area contributed by atoms with E-state index in [9.17, 15) is 5.11 Å². The summed E-state index contributed by atoms with van der Waals surface area (Å²) >= 11 is 0. The second-order valence-electron chi connectivity index (χ2n) is 6.29. The fourth-order valence-electron chi connectivity index (χ4n) is 3.03. The monoisotopic (exact) mass is 240 g/mol. The molecule has 1 saturated carbocycles. The average Bonchev–Trinajstić information content (AvgIpc) is 3.14. The number of rotatable bonds is 6. The van der Waals surface area contributed by atoms with E-state index < -0.39 is 0 Å². The maximum absolute atomic E-state index is 9.63. The van der Waals surface area contributed by atoms with Gasteiger partial charge in [-0.05, 0) is 59.0 Å². The molecular weight excluding hydrogens is 212 g/mol. The highest BCUT2D eigenvalue weighted by Crippen LogP contribution is 2.26. The highest BCUT2D eigenvalue weighted by atomic mass is 16.3. The average molecular weight is 240 g/mol. The molecule has 100 valence electrons. The van der Waals surface area contributed by atoms with Crippen molar-refractivity contribution < 1.29 is 5.11 Å². The summed E-state index contributed by atoms with van der Waals surface area (Å²) in [6.45, 7) is 7.22. The minimum absolute atomic E-state index is 0.0853. The Morgan fingerprint density at radius 1 is 1.29 bits per heavy atom. The van der Waals surface area contributed by atoms with Crippen molar-refractivity contribution in [2.75, 3.05) is 19.7 Å². The van der Waals surface area contributed by atoms with Crippen LogP contribution in [-0.4, -0.2) is 47.3 Å². The molecule has 1 aliphatic heterocycles. The van der Waals surface area contributed by atoms with Gasteiger partial charge in [0.05, 0.1) is 6.61 Å². The van der Waals surface area contributed by atoms with Crippen molar-refractivity contribution in [3.63, 3.8) is 0 Å². The van der Waals surface area contributed by atoms with Crippen molar-refractivity contribution in [3.05, 3.63) is 0 Å². The molecule has 3 heteroatoms. The van der Waals surface area contributed by atoms with Gasteiger partial charge in [-0.2, -0.15) is 0 Å². The minimum atomic E-state index is -0.0853. The van der Waals surface area contributed by atoms with E-state index in [4.69, 9.17) is 0 Å². The molecule has 0 radical (unpaired) electrons. The van der Waals surface area contributed by atoms with Gasteiger partial charge in [-0.15, -0.1) is 0 Å². The first-order valence-electron chi connectivity index (χ1n) is 7.25. The molecule has 2 aliphatic rings. The number of likely N-dealkylation sites (tertiary alicyclic amines) is 1. The summed E-state index contributed by atoms with van der Waals surface area (Å²) in [7, 11) is 0. The predicted octanol–water partition coefficient (Wildman–Crippen LogP) is 1.75. The Labute approximate surface area is 106 Å². The quantitative estimate of drug-likeness (QED) is 0.742. The SMILES string of the molecule is CC(CC(C)(CO)NC1CC1)N1CCCCC1. The second-order valence-corrected chi connectivity index (χ2v) is 6.29. The first kappa shape index (κ1) is 13.3. The number of aliphatic hydroxyl groups is 1. The van der Waals surface area contributed by atoms with Crippen LogP contribution in [-0.2, 0) is 0 Å². The summed E-state index contributed by atoms with van der Waals surface area (Å²) in [6, 6.07) is 1.25. The largest absolute Gasteiger partial charge is 0.394 e. The Hall–Kier alpha value is -0.120. The lowest BCUT2D eigenvalue weighted by atomic mass is 9.92. The van der Waals surface area contributed by atoms with Crippen LogP contribution >= 0.6 is 0 Å². The summed E-state index contributed by atoms with van der Waals surface area (Å²) in [5.41, 5.74) is -0.0853. The molecule has 0 aromatic heterocycles. The van der Waals surface area contributed by atoms with Crippen LogP contribution in [0.15, 0.2) is 0 Å². The molecule has 1 heterocycles. The lowest BCUT2D eigenvalue weighted by Gasteiger charge is -2.38. The smallest absolute Gasteiger partial charge is 0.0611 e. The third-order valence-electron chi connectivity index (χ3n) is 4.24. The highest BCUT2D eigenvalue weighted by Gasteiger charge is 2.34. The van der Waals surface area contributed by atoms with Gasteiger partial charge in [0, 0.05) is 17.6 Å². The van der Waals surface area contributed by atoms with Crippen LogP contribution in [0, 0.1) is 0 Å². The van der Waals surface area contributed by atoms with E-state index in [0.717, 1.165) is 6.42 Å². The van der Waals surface area contributed by atoms with Crippen molar-refractivity contribution in [3.8, 4) is 0 Å². The van der Waals surface area contributed by atoms with Crippen LogP contribution in [0.2, 0.25) is 0 Å². The number of hydrogen-bond donors (Lipinski definition) is 2. The van der Waals surface area contributed by atoms with Crippen LogP contribution in [0.3, 0.4) is 0 Å². The minimum Gasteiger partial charge on any atom is -0.394 e. The molecule has 2 N–H and O–H groups in total. The Kier molecular flexibility index (Phi) is 4.45. The van der Waals surface area contributed by atoms with Crippen molar-refractivity contribution in [1.82, 2.24) is 10.2 Å². The highest BCUT2D eigenvalue weighted by molar-refractivity contribution is 4.94. The van der Waals surface area contributed by atoms with Crippen LogP contribution in [0.1, 0.15) is 52.4 Å². The summed E-state index contributed by atoms with van der Waals surface area (Å²) in [5, 5.41) is 13.2. The molecule has 0 bridgehead atoms. The summed E-state index contributed by atoms with van der Waals surface area (Å²) in [6.07, 6.45) is 7.70. The van der Waals surface area contributed by atoms with Gasteiger partial charge in [-0.1, -0.05) is 6.42 Å². The van der Waals surface area contributed by atoms with E-state index >= 15 is 0 Å². The van der Waals surface area contributed by atoms with Gasteiger partial charge in [0.25, 0.3) is 0 Å². The molecule has 2 rings (SSSR count). The van der Waals surface area contributed by atoms with Crippen molar-refractivity contribution in [2.24, 2.45) is 0 Å². The molecule has 2 unspecified atom stereocenters. The third-order valence-corrected chi connectivity index (χ3v) is 4.24. The number of nitrogens with zero attached hydrogens (tertiary/aromatic N) is 1. The lowest BCUT2D eigenvalue weighted by molar-refractivity contribution is 0.102. The van der Waals surface area contributed by atoms with Gasteiger partial charge in [-0.3, -0.25) is 0 Å². The molecule has 2 atom stereocenters. The number of nitrogens with one attached hydrogen (secondary N) is 1. The van der Waals surface area contributed by atoms with Crippen LogP contribution in [0.4, 0.5) is 0 Å². The molecule has 0 aromatic rings. The summed E-state index contributed by atoms with van der Waals surface area (Å²) in [5.74, 6) is 0. The van der Waals surface area contributed by atoms with Crippen LogP contribution in [0.25, 0.3) is 0 Å². The standard InChI is InChI=1S/C14H28N2O/c1-12(16-8-4-3-5-9-16)10-14(2,11-17)15-13-6-7-13/h12-13,15,17H,3-11H2,1-2H3.